The SMILES string of the molecule is CC/C(=C\F)COc1ccc2c(c1)CCN(C1CCOCC1)C2=O. The Labute approximate surface area is 142 Å². The van der Waals surface area contributed by atoms with Crippen molar-refractivity contribution in [3.8, 4) is 5.75 Å². The molecule has 2 aliphatic rings. The van der Waals surface area contributed by atoms with Gasteiger partial charge in [0.25, 0.3) is 5.91 Å². The number of carbonyl (C=O) groups excluding carboxylic acids is 1. The summed E-state index contributed by atoms with van der Waals surface area (Å²) in [5.74, 6) is 0.793. The minimum absolute atomic E-state index is 0.104. The molecule has 0 N–H and O–H groups in total. The van der Waals surface area contributed by atoms with E-state index in [4.69, 9.17) is 9.47 Å². The van der Waals surface area contributed by atoms with E-state index < -0.39 is 0 Å². The van der Waals surface area contributed by atoms with E-state index in [9.17, 15) is 9.18 Å². The van der Waals surface area contributed by atoms with E-state index in [1.165, 1.54) is 0 Å². The summed E-state index contributed by atoms with van der Waals surface area (Å²) < 4.78 is 23.6. The van der Waals surface area contributed by atoms with Gasteiger partial charge in [-0.25, -0.2) is 4.39 Å². The highest BCUT2D eigenvalue weighted by molar-refractivity contribution is 5.97. The third kappa shape index (κ3) is 3.61. The number of hydrogen-bond donors (Lipinski definition) is 0. The second-order valence-corrected chi connectivity index (χ2v) is 6.32. The second kappa shape index (κ2) is 7.79. The monoisotopic (exact) mass is 333 g/mol. The predicted molar refractivity (Wildman–Crippen MR) is 90.0 cm³/mol. The molecule has 24 heavy (non-hydrogen) atoms. The number of ether oxygens (including phenoxy) is 2. The first kappa shape index (κ1) is 17.0. The molecule has 130 valence electrons. The Morgan fingerprint density at radius 3 is 2.92 bits per heavy atom. The average molecular weight is 333 g/mol. The quantitative estimate of drug-likeness (QED) is 0.828. The zero-order valence-corrected chi connectivity index (χ0v) is 14.1. The minimum atomic E-state index is 0.104. The Balaban J connectivity index is 1.69. The van der Waals surface area contributed by atoms with Crippen LogP contribution in [-0.4, -0.2) is 43.2 Å². The molecule has 1 saturated heterocycles. The molecule has 1 aromatic rings. The van der Waals surface area contributed by atoms with E-state index in [1.807, 2.05) is 24.0 Å². The summed E-state index contributed by atoms with van der Waals surface area (Å²) in [5, 5.41) is 0. The molecule has 3 rings (SSSR count). The molecule has 0 radical (unpaired) electrons. The molecule has 1 amide bonds. The van der Waals surface area contributed by atoms with Crippen molar-refractivity contribution in [3.05, 3.63) is 41.2 Å². The molecule has 0 aliphatic carbocycles. The third-order valence-electron chi connectivity index (χ3n) is 4.85. The maximum Gasteiger partial charge on any atom is 0.254 e. The normalized spacial score (nSPS) is 19.3. The number of amides is 1. The molecule has 0 aromatic heterocycles. The van der Waals surface area contributed by atoms with E-state index in [-0.39, 0.29) is 18.6 Å². The van der Waals surface area contributed by atoms with Gasteiger partial charge in [0.2, 0.25) is 0 Å². The molecular formula is C19H24FNO3. The van der Waals surface area contributed by atoms with Gasteiger partial charge in [-0.05, 0) is 55.0 Å². The Bertz CT molecular complexity index is 623. The van der Waals surface area contributed by atoms with Crippen molar-refractivity contribution in [2.45, 2.75) is 38.6 Å². The molecule has 5 heteroatoms. The lowest BCUT2D eigenvalue weighted by Gasteiger charge is -2.37. The van der Waals surface area contributed by atoms with Crippen LogP contribution in [0.25, 0.3) is 0 Å². The minimum Gasteiger partial charge on any atom is -0.489 e. The van der Waals surface area contributed by atoms with Crippen molar-refractivity contribution in [2.75, 3.05) is 26.4 Å². The summed E-state index contributed by atoms with van der Waals surface area (Å²) in [7, 11) is 0. The first-order valence-electron chi connectivity index (χ1n) is 8.65. The summed E-state index contributed by atoms with van der Waals surface area (Å²) in [6.07, 6.45) is 3.89. The van der Waals surface area contributed by atoms with Crippen molar-refractivity contribution in [3.63, 3.8) is 0 Å². The van der Waals surface area contributed by atoms with E-state index >= 15 is 0 Å². The van der Waals surface area contributed by atoms with Gasteiger partial charge in [-0.3, -0.25) is 4.79 Å². The highest BCUT2D eigenvalue weighted by Crippen LogP contribution is 2.27. The zero-order chi connectivity index (χ0) is 16.9. The fourth-order valence-electron chi connectivity index (χ4n) is 3.30. The van der Waals surface area contributed by atoms with Gasteiger partial charge in [0, 0.05) is 31.4 Å². The second-order valence-electron chi connectivity index (χ2n) is 6.32. The first-order valence-corrected chi connectivity index (χ1v) is 8.65. The number of halogens is 1. The summed E-state index contributed by atoms with van der Waals surface area (Å²) in [4.78, 5) is 14.8. The molecule has 0 spiro atoms. The Hall–Kier alpha value is -1.88. The van der Waals surface area contributed by atoms with Crippen LogP contribution in [0.1, 0.15) is 42.1 Å². The predicted octanol–water partition coefficient (Wildman–Crippen LogP) is 3.51. The highest BCUT2D eigenvalue weighted by Gasteiger charge is 2.31. The molecule has 4 nitrogen and oxygen atoms in total. The average Bonchev–Trinajstić information content (AvgIpc) is 2.63. The summed E-state index contributed by atoms with van der Waals surface area (Å²) in [5.41, 5.74) is 2.40. The smallest absolute Gasteiger partial charge is 0.254 e. The summed E-state index contributed by atoms with van der Waals surface area (Å²) >= 11 is 0. The number of benzene rings is 1. The van der Waals surface area contributed by atoms with Crippen LogP contribution in [0.3, 0.4) is 0 Å². The Morgan fingerprint density at radius 1 is 1.42 bits per heavy atom. The summed E-state index contributed by atoms with van der Waals surface area (Å²) in [6, 6.07) is 5.84. The van der Waals surface area contributed by atoms with Gasteiger partial charge in [0.1, 0.15) is 12.4 Å². The molecule has 2 aliphatic heterocycles. The van der Waals surface area contributed by atoms with Gasteiger partial charge in [0.05, 0.1) is 6.33 Å². The summed E-state index contributed by atoms with van der Waals surface area (Å²) in [6.45, 7) is 4.34. The standard InChI is InChI=1S/C19H24FNO3/c1-2-14(12-20)13-24-17-3-4-18-15(11-17)5-8-21(19(18)22)16-6-9-23-10-7-16/h3-4,11-12,16H,2,5-10,13H2,1H3/b14-12+. The van der Waals surface area contributed by atoms with Crippen molar-refractivity contribution in [2.24, 2.45) is 0 Å². The zero-order valence-electron chi connectivity index (χ0n) is 14.1. The van der Waals surface area contributed by atoms with E-state index in [1.54, 1.807) is 6.07 Å². The van der Waals surface area contributed by atoms with E-state index in [2.05, 4.69) is 0 Å². The lowest BCUT2D eigenvalue weighted by Crippen LogP contribution is -2.47. The van der Waals surface area contributed by atoms with Gasteiger partial charge < -0.3 is 14.4 Å². The molecule has 0 saturated carbocycles. The van der Waals surface area contributed by atoms with Crippen molar-refractivity contribution >= 4 is 5.91 Å². The van der Waals surface area contributed by atoms with Crippen LogP contribution in [-0.2, 0) is 11.2 Å². The molecule has 0 unspecified atom stereocenters. The van der Waals surface area contributed by atoms with Crippen molar-refractivity contribution < 1.29 is 18.7 Å². The molecule has 0 bridgehead atoms. The van der Waals surface area contributed by atoms with Crippen molar-refractivity contribution in [1.82, 2.24) is 4.90 Å². The maximum absolute atomic E-state index is 12.8. The molecular weight excluding hydrogens is 309 g/mol. The van der Waals surface area contributed by atoms with Crippen LogP contribution in [0.15, 0.2) is 30.1 Å². The van der Waals surface area contributed by atoms with Gasteiger partial charge in [-0.1, -0.05) is 6.92 Å². The van der Waals surface area contributed by atoms with Gasteiger partial charge >= 0.3 is 0 Å². The number of fused-ring (bicyclic) bond motifs is 1. The lowest BCUT2D eigenvalue weighted by atomic mass is 9.95. The first-order chi connectivity index (χ1) is 11.7. The molecule has 1 fully saturated rings. The largest absolute Gasteiger partial charge is 0.489 e. The number of hydrogen-bond acceptors (Lipinski definition) is 3. The van der Waals surface area contributed by atoms with Crippen LogP contribution in [0.4, 0.5) is 4.39 Å². The van der Waals surface area contributed by atoms with Crippen LogP contribution in [0.2, 0.25) is 0 Å². The fourth-order valence-corrected chi connectivity index (χ4v) is 3.30. The van der Waals surface area contributed by atoms with E-state index in [0.717, 1.165) is 50.1 Å². The van der Waals surface area contributed by atoms with Crippen molar-refractivity contribution in [1.29, 1.82) is 0 Å². The van der Waals surface area contributed by atoms with Crippen LogP contribution < -0.4 is 4.74 Å². The third-order valence-corrected chi connectivity index (χ3v) is 4.85. The number of nitrogens with zero attached hydrogens (tertiary/aromatic N) is 1. The van der Waals surface area contributed by atoms with Gasteiger partial charge in [-0.2, -0.15) is 0 Å². The van der Waals surface area contributed by atoms with Crippen LogP contribution >= 0.6 is 0 Å². The van der Waals surface area contributed by atoms with Gasteiger partial charge in [-0.15, -0.1) is 0 Å². The van der Waals surface area contributed by atoms with Crippen LogP contribution in [0, 0.1) is 0 Å². The fraction of sp³-hybridized carbons (Fsp3) is 0.526. The van der Waals surface area contributed by atoms with Gasteiger partial charge in [0.15, 0.2) is 0 Å². The highest BCUT2D eigenvalue weighted by atomic mass is 19.1. The number of carbonyl (C=O) groups is 1. The number of rotatable bonds is 5. The molecule has 0 atom stereocenters. The maximum atomic E-state index is 12.8. The van der Waals surface area contributed by atoms with Crippen LogP contribution in [0.5, 0.6) is 5.75 Å². The van der Waals surface area contributed by atoms with E-state index in [0.29, 0.717) is 24.1 Å². The Morgan fingerprint density at radius 2 is 2.21 bits per heavy atom. The molecule has 1 aromatic carbocycles. The Kier molecular flexibility index (Phi) is 5.51. The topological polar surface area (TPSA) is 38.8 Å². The lowest BCUT2D eigenvalue weighted by molar-refractivity contribution is 0.0276. The molecule has 2 heterocycles.